The number of hydrogen-bond acceptors (Lipinski definition) is 1. The molecular formula is C28H48NOPS. The molecule has 0 radical (unpaired) electrons. The van der Waals surface area contributed by atoms with Crippen LogP contribution < -0.4 is 5.30 Å². The molecule has 0 heterocycles. The minimum absolute atomic E-state index is 0.00585. The minimum atomic E-state index is -1.05. The highest BCUT2D eigenvalue weighted by molar-refractivity contribution is 7.84. The first-order chi connectivity index (χ1) is 15.0. The molecule has 0 bridgehead atoms. The average molecular weight is 478 g/mol. The molecule has 1 unspecified atom stereocenters. The van der Waals surface area contributed by atoms with E-state index in [2.05, 4.69) is 77.2 Å². The van der Waals surface area contributed by atoms with E-state index in [1.807, 2.05) is 0 Å². The third-order valence-corrected chi connectivity index (χ3v) is 12.8. The lowest BCUT2D eigenvalue weighted by atomic mass is 9.82. The van der Waals surface area contributed by atoms with E-state index in [1.165, 1.54) is 69.8 Å². The van der Waals surface area contributed by atoms with Crippen molar-refractivity contribution in [3.8, 4) is 0 Å². The molecule has 4 heteroatoms. The minimum Gasteiger partial charge on any atom is -0.242 e. The molecule has 2 fully saturated rings. The maximum Gasteiger partial charge on any atom is 0.100 e. The summed E-state index contributed by atoms with van der Waals surface area (Å²) >= 11 is 0. The van der Waals surface area contributed by atoms with Crippen molar-refractivity contribution >= 4 is 24.2 Å². The van der Waals surface area contributed by atoms with Gasteiger partial charge in [0.25, 0.3) is 0 Å². The largest absolute Gasteiger partial charge is 0.242 e. The fraction of sp³-hybridized carbons (Fsp3) is 0.786. The van der Waals surface area contributed by atoms with Gasteiger partial charge in [-0.25, -0.2) is 8.51 Å². The van der Waals surface area contributed by atoms with Crippen molar-refractivity contribution in [2.75, 3.05) is 7.05 Å². The maximum absolute atomic E-state index is 13.6. The third kappa shape index (κ3) is 6.25. The van der Waals surface area contributed by atoms with E-state index in [4.69, 9.17) is 0 Å². The summed E-state index contributed by atoms with van der Waals surface area (Å²) in [5.41, 5.74) is 3.22. The zero-order chi connectivity index (χ0) is 23.5. The van der Waals surface area contributed by atoms with Crippen LogP contribution in [0.5, 0.6) is 0 Å². The van der Waals surface area contributed by atoms with Crippen LogP contribution in [0.1, 0.15) is 117 Å². The molecule has 0 aliphatic heterocycles. The normalized spacial score (nSPS) is 21.8. The van der Waals surface area contributed by atoms with Gasteiger partial charge in [0.05, 0.1) is 10.8 Å². The lowest BCUT2D eigenvalue weighted by Crippen LogP contribution is -2.43. The quantitative estimate of drug-likeness (QED) is 0.381. The first kappa shape index (κ1) is 26.4. The number of nitrogens with zero attached hydrogens (tertiary/aromatic N) is 1. The average Bonchev–Trinajstić information content (AvgIpc) is 2.74. The standard InChI is InChI=1S/C28H48NOPS/c1-27(2,3)26(29(7)32(30)28(4,5)6)24-20-14-15-21-25(24)31(22-16-10-8-11-17-22)23-18-12-9-13-19-23/h14-15,20-23,26H,8-13,16-19H2,1-7H3/t26-,32?/m1/s1. The van der Waals surface area contributed by atoms with E-state index in [0.29, 0.717) is 0 Å². The van der Waals surface area contributed by atoms with Gasteiger partial charge in [-0.05, 0) is 74.1 Å². The summed E-state index contributed by atoms with van der Waals surface area (Å²) in [7, 11) is 0.855. The molecule has 0 N–H and O–H groups in total. The zero-order valence-electron chi connectivity index (χ0n) is 21.8. The maximum atomic E-state index is 13.6. The van der Waals surface area contributed by atoms with Crippen molar-refractivity contribution in [1.82, 2.24) is 4.31 Å². The van der Waals surface area contributed by atoms with E-state index < -0.39 is 11.0 Å². The summed E-state index contributed by atoms with van der Waals surface area (Å²) in [6.45, 7) is 13.3. The van der Waals surface area contributed by atoms with Crippen molar-refractivity contribution in [3.05, 3.63) is 29.8 Å². The Hall–Kier alpha value is -0.240. The molecule has 2 atom stereocenters. The van der Waals surface area contributed by atoms with Crippen LogP contribution in [0, 0.1) is 5.41 Å². The first-order valence-corrected chi connectivity index (χ1v) is 15.6. The molecule has 0 amide bonds. The Balaban J connectivity index is 2.09. The molecule has 0 saturated heterocycles. The van der Waals surface area contributed by atoms with E-state index in [1.54, 1.807) is 5.30 Å². The van der Waals surface area contributed by atoms with E-state index >= 15 is 0 Å². The highest BCUT2D eigenvalue weighted by Gasteiger charge is 2.40. The molecule has 2 aliphatic rings. The lowest BCUT2D eigenvalue weighted by molar-refractivity contribution is 0.207. The van der Waals surface area contributed by atoms with Crippen LogP contribution in [-0.2, 0) is 11.0 Å². The van der Waals surface area contributed by atoms with Gasteiger partial charge >= 0.3 is 0 Å². The SMILES string of the molecule is CN([C@H](c1ccccc1P(C1CCCCC1)C1CCCCC1)C(C)(C)C)S(=O)C(C)(C)C. The Morgan fingerprint density at radius 2 is 1.31 bits per heavy atom. The Kier molecular flexibility index (Phi) is 9.07. The summed E-state index contributed by atoms with van der Waals surface area (Å²) in [6, 6.07) is 9.50. The summed E-state index contributed by atoms with van der Waals surface area (Å²) in [6.07, 6.45) is 14.2. The fourth-order valence-electron chi connectivity index (χ4n) is 6.10. The Morgan fingerprint density at radius 1 is 0.844 bits per heavy atom. The molecule has 0 spiro atoms. The van der Waals surface area contributed by atoms with Crippen LogP contribution in [0.25, 0.3) is 0 Å². The van der Waals surface area contributed by atoms with Crippen LogP contribution in [0.3, 0.4) is 0 Å². The first-order valence-electron chi connectivity index (χ1n) is 13.0. The number of hydrogen-bond donors (Lipinski definition) is 0. The smallest absolute Gasteiger partial charge is 0.100 e. The summed E-state index contributed by atoms with van der Waals surface area (Å²) in [5, 5.41) is 1.64. The second kappa shape index (κ2) is 11.0. The molecule has 2 saturated carbocycles. The monoisotopic (exact) mass is 477 g/mol. The molecule has 1 aromatic rings. The van der Waals surface area contributed by atoms with Crippen molar-refractivity contribution in [3.63, 3.8) is 0 Å². The van der Waals surface area contributed by atoms with Crippen LogP contribution in [0.2, 0.25) is 0 Å². The predicted molar refractivity (Wildman–Crippen MR) is 145 cm³/mol. The van der Waals surface area contributed by atoms with Crippen molar-refractivity contribution in [2.45, 2.75) is 128 Å². The summed E-state index contributed by atoms with van der Waals surface area (Å²) in [4.78, 5) is 0. The number of benzene rings is 1. The van der Waals surface area contributed by atoms with Gasteiger partial charge in [-0.1, -0.05) is 91.5 Å². The van der Waals surface area contributed by atoms with Crippen LogP contribution in [0.15, 0.2) is 24.3 Å². The molecule has 3 rings (SSSR count). The van der Waals surface area contributed by atoms with Gasteiger partial charge in [0, 0.05) is 7.05 Å². The Morgan fingerprint density at radius 3 is 1.75 bits per heavy atom. The van der Waals surface area contributed by atoms with E-state index in [9.17, 15) is 4.21 Å². The van der Waals surface area contributed by atoms with Gasteiger partial charge in [0.1, 0.15) is 11.0 Å². The Bertz CT molecular complexity index is 735. The van der Waals surface area contributed by atoms with E-state index in [-0.39, 0.29) is 24.1 Å². The predicted octanol–water partition coefficient (Wildman–Crippen LogP) is 7.94. The van der Waals surface area contributed by atoms with Gasteiger partial charge in [-0.2, -0.15) is 0 Å². The van der Waals surface area contributed by atoms with Crippen molar-refractivity contribution < 1.29 is 4.21 Å². The molecule has 1 aromatic carbocycles. The van der Waals surface area contributed by atoms with Crippen LogP contribution in [-0.4, -0.2) is 31.6 Å². The molecule has 2 aliphatic carbocycles. The number of rotatable bonds is 6. The molecule has 32 heavy (non-hydrogen) atoms. The second-order valence-electron chi connectivity index (χ2n) is 12.2. The molecule has 2 nitrogen and oxygen atoms in total. The van der Waals surface area contributed by atoms with E-state index in [0.717, 1.165) is 11.3 Å². The lowest BCUT2D eigenvalue weighted by Gasteiger charge is -2.44. The second-order valence-corrected chi connectivity index (χ2v) is 17.3. The highest BCUT2D eigenvalue weighted by Crippen LogP contribution is 2.56. The molecule has 0 aromatic heterocycles. The van der Waals surface area contributed by atoms with Crippen LogP contribution in [0.4, 0.5) is 0 Å². The molecule has 182 valence electrons. The summed E-state index contributed by atoms with van der Waals surface area (Å²) < 4.78 is 15.5. The fourth-order valence-corrected chi connectivity index (χ4v) is 11.6. The van der Waals surface area contributed by atoms with Crippen LogP contribution >= 0.6 is 7.92 Å². The van der Waals surface area contributed by atoms with Gasteiger partial charge in [-0.15, -0.1) is 0 Å². The summed E-state index contributed by atoms with van der Waals surface area (Å²) in [5.74, 6) is 0. The van der Waals surface area contributed by atoms with Gasteiger partial charge < -0.3 is 0 Å². The highest BCUT2D eigenvalue weighted by atomic mass is 32.2. The third-order valence-electron chi connectivity index (χ3n) is 7.42. The van der Waals surface area contributed by atoms with Gasteiger partial charge in [0.15, 0.2) is 0 Å². The van der Waals surface area contributed by atoms with Crippen molar-refractivity contribution in [2.24, 2.45) is 5.41 Å². The van der Waals surface area contributed by atoms with Crippen molar-refractivity contribution in [1.29, 1.82) is 0 Å². The van der Waals surface area contributed by atoms with Gasteiger partial charge in [-0.3, -0.25) is 0 Å². The Labute approximate surface area is 202 Å². The topological polar surface area (TPSA) is 20.3 Å². The van der Waals surface area contributed by atoms with Gasteiger partial charge in [0.2, 0.25) is 0 Å². The molecular weight excluding hydrogens is 429 g/mol. The zero-order valence-corrected chi connectivity index (χ0v) is 23.5.